The van der Waals surface area contributed by atoms with Gasteiger partial charge in [0, 0.05) is 28.8 Å². The van der Waals surface area contributed by atoms with Crippen LogP contribution in [0.3, 0.4) is 0 Å². The second kappa shape index (κ2) is 12.0. The minimum absolute atomic E-state index is 0.0349. The highest BCUT2D eigenvalue weighted by molar-refractivity contribution is 7.99. The number of carbonyl (C=O) groups is 1. The number of hydrogen-bond donors (Lipinski definition) is 1. The molecule has 12 heteroatoms. The minimum Gasteiger partial charge on any atom is -0.495 e. The molecular weight excluding hydrogens is 567 g/mol. The van der Waals surface area contributed by atoms with Crippen molar-refractivity contribution in [2.24, 2.45) is 0 Å². The number of thioether (sulfide) groups is 1. The molecule has 0 bridgehead atoms. The Morgan fingerprint density at radius 1 is 1.05 bits per heavy atom. The Hall–Kier alpha value is -2.76. The van der Waals surface area contributed by atoms with Crippen molar-refractivity contribution in [3.63, 3.8) is 0 Å². The highest BCUT2D eigenvalue weighted by Crippen LogP contribution is 2.34. The Bertz CT molecular complexity index is 1570. The molecule has 38 heavy (non-hydrogen) atoms. The molecular formula is C26H26Cl2N4O4S2. The van der Waals surface area contributed by atoms with E-state index in [0.29, 0.717) is 56.4 Å². The van der Waals surface area contributed by atoms with E-state index in [4.69, 9.17) is 32.9 Å². The van der Waals surface area contributed by atoms with E-state index in [2.05, 4.69) is 5.32 Å². The first-order valence-corrected chi connectivity index (χ1v) is 14.9. The second-order valence-corrected chi connectivity index (χ2v) is 11.9. The zero-order chi connectivity index (χ0) is 27.4. The zero-order valence-electron chi connectivity index (χ0n) is 20.9. The van der Waals surface area contributed by atoms with Crippen molar-refractivity contribution in [3.05, 3.63) is 70.7 Å². The predicted octanol–water partition coefficient (Wildman–Crippen LogP) is 6.10. The molecule has 0 spiro atoms. The number of amides is 1. The van der Waals surface area contributed by atoms with Gasteiger partial charge >= 0.3 is 0 Å². The number of anilines is 1. The summed E-state index contributed by atoms with van der Waals surface area (Å²) in [6, 6.07) is 17.1. The van der Waals surface area contributed by atoms with E-state index in [-0.39, 0.29) is 16.6 Å². The molecule has 0 saturated carbocycles. The Morgan fingerprint density at radius 3 is 2.39 bits per heavy atom. The molecule has 8 nitrogen and oxygen atoms in total. The lowest BCUT2D eigenvalue weighted by Gasteiger charge is -2.18. The van der Waals surface area contributed by atoms with Crippen LogP contribution >= 0.6 is 35.0 Å². The summed E-state index contributed by atoms with van der Waals surface area (Å²) < 4.78 is 35.1. The van der Waals surface area contributed by atoms with Crippen molar-refractivity contribution >= 4 is 67.6 Å². The SMILES string of the molecule is CCN(CC)S(=O)(=O)c1ccc2c(c1)nc(SCC(=O)Nc1cc(Cl)cc(Cl)c1)n2-c1ccccc1OC. The maximum absolute atomic E-state index is 13.1. The van der Waals surface area contributed by atoms with Gasteiger partial charge in [-0.15, -0.1) is 0 Å². The van der Waals surface area contributed by atoms with Crippen LogP contribution in [0, 0.1) is 0 Å². The van der Waals surface area contributed by atoms with Gasteiger partial charge in [-0.3, -0.25) is 9.36 Å². The number of ether oxygens (including phenoxy) is 1. The van der Waals surface area contributed by atoms with Gasteiger partial charge in [-0.05, 0) is 48.5 Å². The summed E-state index contributed by atoms with van der Waals surface area (Å²) in [5, 5.41) is 4.11. The molecule has 0 saturated heterocycles. The van der Waals surface area contributed by atoms with Crippen LogP contribution < -0.4 is 10.1 Å². The molecule has 0 fully saturated rings. The van der Waals surface area contributed by atoms with Crippen molar-refractivity contribution in [1.29, 1.82) is 0 Å². The molecule has 1 amide bonds. The van der Waals surface area contributed by atoms with Crippen molar-refractivity contribution in [1.82, 2.24) is 13.9 Å². The van der Waals surface area contributed by atoms with Crippen LogP contribution in [0.2, 0.25) is 10.0 Å². The number of aromatic nitrogens is 2. The third-order valence-electron chi connectivity index (χ3n) is 5.74. The number of benzene rings is 3. The summed E-state index contributed by atoms with van der Waals surface area (Å²) in [5.74, 6) is 0.357. The van der Waals surface area contributed by atoms with Gasteiger partial charge in [0.1, 0.15) is 5.75 Å². The molecule has 0 aliphatic heterocycles. The third kappa shape index (κ3) is 5.94. The Kier molecular flexibility index (Phi) is 8.89. The van der Waals surface area contributed by atoms with E-state index in [1.165, 1.54) is 16.1 Å². The zero-order valence-corrected chi connectivity index (χ0v) is 24.1. The normalized spacial score (nSPS) is 11.7. The van der Waals surface area contributed by atoms with E-state index in [1.807, 2.05) is 28.8 Å². The number of rotatable bonds is 10. The van der Waals surface area contributed by atoms with Crippen molar-refractivity contribution in [3.8, 4) is 11.4 Å². The molecule has 0 radical (unpaired) electrons. The second-order valence-electron chi connectivity index (χ2n) is 8.14. The Morgan fingerprint density at radius 2 is 1.74 bits per heavy atom. The van der Waals surface area contributed by atoms with Crippen LogP contribution in [0.25, 0.3) is 16.7 Å². The fourth-order valence-electron chi connectivity index (χ4n) is 4.01. The number of fused-ring (bicyclic) bond motifs is 1. The van der Waals surface area contributed by atoms with Crippen LogP contribution in [-0.4, -0.2) is 54.1 Å². The van der Waals surface area contributed by atoms with Gasteiger partial charge in [0.05, 0.1) is 34.5 Å². The molecule has 1 heterocycles. The van der Waals surface area contributed by atoms with Crippen LogP contribution in [0.4, 0.5) is 5.69 Å². The van der Waals surface area contributed by atoms with Gasteiger partial charge in [0.15, 0.2) is 5.16 Å². The summed E-state index contributed by atoms with van der Waals surface area (Å²) in [5.41, 5.74) is 2.35. The summed E-state index contributed by atoms with van der Waals surface area (Å²) in [7, 11) is -2.10. The number of nitrogens with zero attached hydrogens (tertiary/aromatic N) is 3. The van der Waals surface area contributed by atoms with Crippen LogP contribution in [0.5, 0.6) is 5.75 Å². The quantitative estimate of drug-likeness (QED) is 0.223. The molecule has 4 rings (SSSR count). The maximum atomic E-state index is 13.1. The van der Waals surface area contributed by atoms with Crippen LogP contribution in [0.1, 0.15) is 13.8 Å². The van der Waals surface area contributed by atoms with E-state index in [0.717, 1.165) is 0 Å². The molecule has 3 aromatic carbocycles. The summed E-state index contributed by atoms with van der Waals surface area (Å²) in [6.07, 6.45) is 0. The lowest BCUT2D eigenvalue weighted by atomic mass is 10.2. The molecule has 4 aromatic rings. The fraction of sp³-hybridized carbons (Fsp3) is 0.231. The van der Waals surface area contributed by atoms with Gasteiger partial charge in [0.2, 0.25) is 15.9 Å². The lowest BCUT2D eigenvalue weighted by molar-refractivity contribution is -0.113. The van der Waals surface area contributed by atoms with E-state index in [1.54, 1.807) is 57.4 Å². The first kappa shape index (κ1) is 28.3. The maximum Gasteiger partial charge on any atom is 0.243 e. The number of para-hydroxylation sites is 2. The average molecular weight is 594 g/mol. The molecule has 0 aliphatic carbocycles. The Labute approximate surface area is 235 Å². The predicted molar refractivity (Wildman–Crippen MR) is 154 cm³/mol. The minimum atomic E-state index is -3.67. The van der Waals surface area contributed by atoms with Crippen molar-refractivity contribution in [2.75, 3.05) is 31.3 Å². The fourth-order valence-corrected chi connectivity index (χ4v) is 6.83. The topological polar surface area (TPSA) is 93.5 Å². The molecule has 1 aromatic heterocycles. The number of halogens is 2. The standard InChI is InChI=1S/C26H26Cl2N4O4S2/c1-4-31(5-2)38(34,35)20-10-11-22-21(15-20)30-26(32(22)23-8-6-7-9-24(23)36-3)37-16-25(33)29-19-13-17(27)12-18(28)14-19/h6-15H,4-5,16H2,1-3H3,(H,29,33). The monoisotopic (exact) mass is 592 g/mol. The average Bonchev–Trinajstić information content (AvgIpc) is 3.25. The molecule has 1 N–H and O–H groups in total. The number of carbonyl (C=O) groups excluding carboxylic acids is 1. The van der Waals surface area contributed by atoms with E-state index >= 15 is 0 Å². The van der Waals surface area contributed by atoms with Crippen LogP contribution in [0.15, 0.2) is 70.7 Å². The van der Waals surface area contributed by atoms with E-state index < -0.39 is 10.0 Å². The van der Waals surface area contributed by atoms with Gasteiger partial charge in [-0.25, -0.2) is 13.4 Å². The van der Waals surface area contributed by atoms with Crippen molar-refractivity contribution < 1.29 is 17.9 Å². The third-order valence-corrected chi connectivity index (χ3v) is 9.16. The van der Waals surface area contributed by atoms with Gasteiger partial charge < -0.3 is 10.1 Å². The van der Waals surface area contributed by atoms with Gasteiger partial charge in [-0.1, -0.05) is 60.9 Å². The summed E-state index contributed by atoms with van der Waals surface area (Å²) in [6.45, 7) is 4.32. The van der Waals surface area contributed by atoms with Crippen molar-refractivity contribution in [2.45, 2.75) is 23.9 Å². The number of hydrogen-bond acceptors (Lipinski definition) is 6. The molecule has 0 aliphatic rings. The lowest BCUT2D eigenvalue weighted by Crippen LogP contribution is -2.30. The number of methoxy groups -OCH3 is 1. The summed E-state index contributed by atoms with van der Waals surface area (Å²) in [4.78, 5) is 17.6. The first-order valence-electron chi connectivity index (χ1n) is 11.7. The van der Waals surface area contributed by atoms with Crippen LogP contribution in [-0.2, 0) is 14.8 Å². The molecule has 0 atom stereocenters. The highest BCUT2D eigenvalue weighted by atomic mass is 35.5. The number of nitrogens with one attached hydrogen (secondary N) is 1. The first-order chi connectivity index (χ1) is 18.2. The van der Waals surface area contributed by atoms with Gasteiger partial charge in [0.25, 0.3) is 0 Å². The summed E-state index contributed by atoms with van der Waals surface area (Å²) >= 11 is 13.3. The smallest absolute Gasteiger partial charge is 0.243 e. The largest absolute Gasteiger partial charge is 0.495 e. The molecule has 200 valence electrons. The van der Waals surface area contributed by atoms with E-state index in [9.17, 15) is 13.2 Å². The molecule has 0 unspecified atom stereocenters. The number of sulfonamides is 1. The Balaban J connectivity index is 1.73. The highest BCUT2D eigenvalue weighted by Gasteiger charge is 2.24. The number of imidazole rings is 1. The van der Waals surface area contributed by atoms with Gasteiger partial charge in [-0.2, -0.15) is 4.31 Å².